The van der Waals surface area contributed by atoms with Crippen LogP contribution in [0, 0.1) is 5.92 Å². The van der Waals surface area contributed by atoms with E-state index in [9.17, 15) is 0 Å². The molecular formula is C19H31N3O. The smallest absolute Gasteiger partial charge is 0.123 e. The van der Waals surface area contributed by atoms with Crippen molar-refractivity contribution in [2.75, 3.05) is 7.05 Å². The van der Waals surface area contributed by atoms with E-state index in [1.54, 1.807) is 0 Å². The van der Waals surface area contributed by atoms with Crippen LogP contribution in [0.3, 0.4) is 0 Å². The highest BCUT2D eigenvalue weighted by Crippen LogP contribution is 2.16. The van der Waals surface area contributed by atoms with E-state index >= 15 is 0 Å². The van der Waals surface area contributed by atoms with Crippen LogP contribution in [0.4, 0.5) is 0 Å². The molecule has 3 unspecified atom stereocenters. The van der Waals surface area contributed by atoms with Gasteiger partial charge in [-0.2, -0.15) is 0 Å². The fourth-order valence-corrected chi connectivity index (χ4v) is 2.22. The molecule has 2 N–H and O–H groups in total. The quantitative estimate of drug-likeness (QED) is 0.555. The number of benzene rings is 1. The van der Waals surface area contributed by atoms with Crippen molar-refractivity contribution in [2.24, 2.45) is 21.6 Å². The molecule has 0 heterocycles. The van der Waals surface area contributed by atoms with Crippen molar-refractivity contribution in [3.8, 4) is 0 Å². The minimum absolute atomic E-state index is 0.159. The first-order chi connectivity index (χ1) is 11.0. The third-order valence-corrected chi connectivity index (χ3v) is 4.26. The first kappa shape index (κ1) is 19.4. The van der Waals surface area contributed by atoms with E-state index in [2.05, 4.69) is 18.8 Å². The molecule has 0 radical (unpaired) electrons. The molecule has 0 fully saturated rings. The van der Waals surface area contributed by atoms with E-state index in [0.29, 0.717) is 18.4 Å². The number of nitrogens with two attached hydrogens (primary N) is 1. The van der Waals surface area contributed by atoms with Crippen LogP contribution in [0.2, 0.25) is 0 Å². The second-order valence-corrected chi connectivity index (χ2v) is 6.11. The van der Waals surface area contributed by atoms with Crippen molar-refractivity contribution in [2.45, 2.75) is 59.3 Å². The summed E-state index contributed by atoms with van der Waals surface area (Å²) in [6.45, 7) is 8.92. The second kappa shape index (κ2) is 10.2. The van der Waals surface area contributed by atoms with Gasteiger partial charge in [0.2, 0.25) is 0 Å². The van der Waals surface area contributed by atoms with E-state index < -0.39 is 0 Å². The Bertz CT molecular complexity index is 511. The minimum Gasteiger partial charge on any atom is -0.385 e. The molecule has 128 valence electrons. The Balaban J connectivity index is 2.69. The van der Waals surface area contributed by atoms with Crippen LogP contribution in [0.5, 0.6) is 0 Å². The Labute approximate surface area is 140 Å². The highest BCUT2D eigenvalue weighted by molar-refractivity contribution is 5.86. The van der Waals surface area contributed by atoms with Gasteiger partial charge < -0.3 is 10.5 Å². The third kappa shape index (κ3) is 6.95. The molecule has 0 saturated carbocycles. The number of nitrogens with zero attached hydrogens (tertiary/aromatic N) is 2. The molecule has 0 aromatic heterocycles. The van der Waals surface area contributed by atoms with Gasteiger partial charge in [-0.15, -0.1) is 0 Å². The summed E-state index contributed by atoms with van der Waals surface area (Å²) in [7, 11) is 1.82. The monoisotopic (exact) mass is 317 g/mol. The standard InChI is InChI=1S/C19H31N3O/c1-6-14(2)18(12-15(3)21-5)22-19(20)16(4)23-13-17-10-8-7-9-11-17/h7-11,14,16,18H,6,12-13H2,1-5H3,(H2,20,22). The molecule has 3 atom stereocenters. The van der Waals surface area contributed by atoms with Gasteiger partial charge in [-0.3, -0.25) is 9.98 Å². The molecule has 0 spiro atoms. The Morgan fingerprint density at radius 1 is 1.22 bits per heavy atom. The number of amidine groups is 1. The average Bonchev–Trinajstić information content (AvgIpc) is 2.58. The first-order valence-corrected chi connectivity index (χ1v) is 8.38. The van der Waals surface area contributed by atoms with Crippen molar-refractivity contribution < 1.29 is 4.74 Å². The summed E-state index contributed by atoms with van der Waals surface area (Å²) in [5.41, 5.74) is 8.42. The zero-order valence-corrected chi connectivity index (χ0v) is 15.1. The highest BCUT2D eigenvalue weighted by Gasteiger charge is 2.18. The highest BCUT2D eigenvalue weighted by atomic mass is 16.5. The molecule has 1 aromatic carbocycles. The van der Waals surface area contributed by atoms with Crippen LogP contribution in [-0.2, 0) is 11.3 Å². The van der Waals surface area contributed by atoms with Crippen molar-refractivity contribution in [1.29, 1.82) is 0 Å². The molecule has 0 saturated heterocycles. The lowest BCUT2D eigenvalue weighted by Crippen LogP contribution is -2.32. The van der Waals surface area contributed by atoms with E-state index in [1.165, 1.54) is 0 Å². The summed E-state index contributed by atoms with van der Waals surface area (Å²) in [5, 5.41) is 0. The topological polar surface area (TPSA) is 60.0 Å². The number of ether oxygens (including phenoxy) is 1. The van der Waals surface area contributed by atoms with E-state index in [1.807, 2.05) is 51.2 Å². The van der Waals surface area contributed by atoms with Crippen LogP contribution in [0.25, 0.3) is 0 Å². The van der Waals surface area contributed by atoms with Gasteiger partial charge in [-0.1, -0.05) is 50.6 Å². The predicted molar refractivity (Wildman–Crippen MR) is 99.2 cm³/mol. The summed E-state index contributed by atoms with van der Waals surface area (Å²) in [6, 6.07) is 10.3. The van der Waals surface area contributed by atoms with Crippen LogP contribution in [0.15, 0.2) is 40.3 Å². The molecular weight excluding hydrogens is 286 g/mol. The lowest BCUT2D eigenvalue weighted by atomic mass is 9.95. The lowest BCUT2D eigenvalue weighted by molar-refractivity contribution is 0.0948. The van der Waals surface area contributed by atoms with Crippen molar-refractivity contribution in [3.63, 3.8) is 0 Å². The Kier molecular flexibility index (Phi) is 8.56. The summed E-state index contributed by atoms with van der Waals surface area (Å²) in [6.07, 6.45) is 1.72. The molecule has 23 heavy (non-hydrogen) atoms. The van der Waals surface area contributed by atoms with Gasteiger partial charge in [0, 0.05) is 19.2 Å². The average molecular weight is 317 g/mol. The van der Waals surface area contributed by atoms with Gasteiger partial charge in [-0.05, 0) is 25.3 Å². The summed E-state index contributed by atoms with van der Waals surface area (Å²) >= 11 is 0. The van der Waals surface area contributed by atoms with Crippen LogP contribution in [0.1, 0.15) is 46.1 Å². The molecule has 0 aliphatic rings. The molecule has 1 rings (SSSR count). The van der Waals surface area contributed by atoms with Gasteiger partial charge in [0.1, 0.15) is 11.9 Å². The summed E-state index contributed by atoms with van der Waals surface area (Å²) in [4.78, 5) is 8.98. The van der Waals surface area contributed by atoms with Crippen molar-refractivity contribution >= 4 is 11.5 Å². The number of rotatable bonds is 9. The van der Waals surface area contributed by atoms with Crippen LogP contribution in [-0.4, -0.2) is 30.7 Å². The Morgan fingerprint density at radius 3 is 2.43 bits per heavy atom. The normalized spacial score (nSPS) is 16.9. The van der Waals surface area contributed by atoms with Gasteiger partial charge in [0.15, 0.2) is 0 Å². The third-order valence-electron chi connectivity index (χ3n) is 4.26. The molecule has 0 bridgehead atoms. The molecule has 0 aliphatic heterocycles. The molecule has 1 aromatic rings. The van der Waals surface area contributed by atoms with Crippen LogP contribution >= 0.6 is 0 Å². The van der Waals surface area contributed by atoms with E-state index in [0.717, 1.165) is 24.1 Å². The zero-order valence-electron chi connectivity index (χ0n) is 15.1. The predicted octanol–water partition coefficient (Wildman–Crippen LogP) is 3.84. The maximum absolute atomic E-state index is 6.18. The maximum atomic E-state index is 6.18. The van der Waals surface area contributed by atoms with E-state index in [-0.39, 0.29) is 12.1 Å². The number of hydrogen-bond donors (Lipinski definition) is 1. The molecule has 4 heteroatoms. The number of aliphatic imine (C=N–C) groups is 2. The SMILES string of the molecule is CCC(C)C(CC(C)=NC)N=C(N)C(C)OCc1ccccc1. The van der Waals surface area contributed by atoms with E-state index in [4.69, 9.17) is 15.5 Å². The van der Waals surface area contributed by atoms with Gasteiger partial charge >= 0.3 is 0 Å². The lowest BCUT2D eigenvalue weighted by Gasteiger charge is -2.21. The maximum Gasteiger partial charge on any atom is 0.123 e. The Morgan fingerprint density at radius 2 is 1.87 bits per heavy atom. The Hall–Kier alpha value is -1.68. The minimum atomic E-state index is -0.194. The fraction of sp³-hybridized carbons (Fsp3) is 0.579. The van der Waals surface area contributed by atoms with Crippen LogP contribution < -0.4 is 5.73 Å². The summed E-state index contributed by atoms with van der Waals surface area (Å²) < 4.78 is 5.85. The molecule has 0 aliphatic carbocycles. The van der Waals surface area contributed by atoms with Gasteiger partial charge in [0.05, 0.1) is 12.6 Å². The zero-order chi connectivity index (χ0) is 17.2. The first-order valence-electron chi connectivity index (χ1n) is 8.38. The fourth-order valence-electron chi connectivity index (χ4n) is 2.22. The summed E-state index contributed by atoms with van der Waals surface area (Å²) in [5.74, 6) is 1.03. The van der Waals surface area contributed by atoms with Gasteiger partial charge in [-0.25, -0.2) is 0 Å². The van der Waals surface area contributed by atoms with Crippen molar-refractivity contribution in [1.82, 2.24) is 0 Å². The van der Waals surface area contributed by atoms with Gasteiger partial charge in [0.25, 0.3) is 0 Å². The van der Waals surface area contributed by atoms with Crippen molar-refractivity contribution in [3.05, 3.63) is 35.9 Å². The number of hydrogen-bond acceptors (Lipinski definition) is 3. The largest absolute Gasteiger partial charge is 0.385 e. The molecule has 4 nitrogen and oxygen atoms in total. The second-order valence-electron chi connectivity index (χ2n) is 6.11. The molecule has 0 amide bonds.